The van der Waals surface area contributed by atoms with Gasteiger partial charge in [-0.3, -0.25) is 9.78 Å². The second-order valence-corrected chi connectivity index (χ2v) is 7.39. The summed E-state index contributed by atoms with van der Waals surface area (Å²) in [5.41, 5.74) is 2.32. The lowest BCUT2D eigenvalue weighted by Crippen LogP contribution is -2.45. The fourth-order valence-electron chi connectivity index (χ4n) is 3.87. The smallest absolute Gasteiger partial charge is 0.255 e. The van der Waals surface area contributed by atoms with E-state index in [-0.39, 0.29) is 24.1 Å². The third-order valence-corrected chi connectivity index (χ3v) is 5.45. The number of fused-ring (bicyclic) bond motifs is 1. The van der Waals surface area contributed by atoms with Crippen molar-refractivity contribution in [2.45, 2.75) is 44.4 Å². The molecule has 1 aliphatic rings. The monoisotopic (exact) mass is 392 g/mol. The van der Waals surface area contributed by atoms with Crippen LogP contribution in [0, 0.1) is 17.1 Å². The molecule has 2 atom stereocenters. The number of pyridine rings is 1. The highest BCUT2D eigenvalue weighted by molar-refractivity contribution is 6.05. The number of nitrogens with one attached hydrogen (secondary N) is 1. The van der Waals surface area contributed by atoms with Crippen molar-refractivity contribution >= 4 is 16.9 Å². The molecule has 1 aromatic carbocycles. The summed E-state index contributed by atoms with van der Waals surface area (Å²) in [6, 6.07) is 9.60. The van der Waals surface area contributed by atoms with Crippen LogP contribution in [0.1, 0.15) is 47.2 Å². The maximum absolute atomic E-state index is 14.4. The summed E-state index contributed by atoms with van der Waals surface area (Å²) >= 11 is 0. The average molecular weight is 392 g/mol. The van der Waals surface area contributed by atoms with Crippen LogP contribution in [0.4, 0.5) is 4.39 Å². The van der Waals surface area contributed by atoms with Crippen LogP contribution in [0.3, 0.4) is 0 Å². The predicted octanol–water partition coefficient (Wildman–Crippen LogP) is 3.13. The zero-order valence-corrected chi connectivity index (χ0v) is 15.8. The normalized spacial score (nSPS) is 19.1. The minimum atomic E-state index is -0.540. The summed E-state index contributed by atoms with van der Waals surface area (Å²) in [4.78, 5) is 17.2. The van der Waals surface area contributed by atoms with Gasteiger partial charge in [0.2, 0.25) is 0 Å². The molecule has 2 N–H and O–H groups in total. The maximum atomic E-state index is 14.4. The first kappa shape index (κ1) is 19.1. The first-order chi connectivity index (χ1) is 14.1. The molecule has 1 aliphatic carbocycles. The second kappa shape index (κ2) is 8.02. The van der Waals surface area contributed by atoms with E-state index in [1.54, 1.807) is 35.2 Å². The molecule has 0 saturated heterocycles. The van der Waals surface area contributed by atoms with Gasteiger partial charge in [0.1, 0.15) is 11.3 Å². The van der Waals surface area contributed by atoms with Gasteiger partial charge in [-0.15, -0.1) is 0 Å². The summed E-state index contributed by atoms with van der Waals surface area (Å²) in [7, 11) is 0. The minimum absolute atomic E-state index is 0.207. The highest BCUT2D eigenvalue weighted by Gasteiger charge is 2.26. The quantitative estimate of drug-likeness (QED) is 0.714. The number of nitrogens with zero attached hydrogens (tertiary/aromatic N) is 3. The fourth-order valence-corrected chi connectivity index (χ4v) is 3.87. The number of carbonyl (C=O) groups excluding carboxylic acids is 1. The van der Waals surface area contributed by atoms with Crippen LogP contribution >= 0.6 is 0 Å². The lowest BCUT2D eigenvalue weighted by atomic mass is 9.92. The van der Waals surface area contributed by atoms with Gasteiger partial charge >= 0.3 is 0 Å². The molecule has 1 saturated carbocycles. The van der Waals surface area contributed by atoms with Gasteiger partial charge in [-0.1, -0.05) is 18.9 Å². The van der Waals surface area contributed by atoms with Crippen LogP contribution in [0.2, 0.25) is 0 Å². The molecule has 2 aromatic heterocycles. The van der Waals surface area contributed by atoms with Gasteiger partial charge in [0.05, 0.1) is 41.4 Å². The molecule has 0 aliphatic heterocycles. The van der Waals surface area contributed by atoms with E-state index in [9.17, 15) is 14.3 Å². The van der Waals surface area contributed by atoms with Gasteiger partial charge < -0.3 is 15.0 Å². The lowest BCUT2D eigenvalue weighted by molar-refractivity contribution is 0.0718. The van der Waals surface area contributed by atoms with E-state index in [0.717, 1.165) is 19.3 Å². The number of hydrogen-bond acceptors (Lipinski definition) is 4. The molecule has 0 radical (unpaired) electrons. The van der Waals surface area contributed by atoms with Crippen molar-refractivity contribution in [3.05, 3.63) is 65.2 Å². The van der Waals surface area contributed by atoms with Crippen LogP contribution in [-0.4, -0.2) is 32.7 Å². The zero-order valence-electron chi connectivity index (χ0n) is 15.8. The molecule has 4 rings (SSSR count). The Balaban J connectivity index is 1.65. The Morgan fingerprint density at radius 3 is 2.93 bits per heavy atom. The Bertz CT molecular complexity index is 1100. The number of carbonyl (C=O) groups is 1. The number of benzene rings is 1. The number of aliphatic hydroxyl groups excluding tert-OH is 1. The van der Waals surface area contributed by atoms with Crippen molar-refractivity contribution in [2.75, 3.05) is 0 Å². The molecule has 3 aromatic rings. The molecule has 1 fully saturated rings. The zero-order chi connectivity index (χ0) is 20.4. The Morgan fingerprint density at radius 1 is 1.34 bits per heavy atom. The van der Waals surface area contributed by atoms with E-state index >= 15 is 0 Å². The van der Waals surface area contributed by atoms with E-state index in [0.29, 0.717) is 28.6 Å². The van der Waals surface area contributed by atoms with Crippen molar-refractivity contribution in [1.82, 2.24) is 14.9 Å². The van der Waals surface area contributed by atoms with E-state index in [1.807, 2.05) is 12.1 Å². The molecular formula is C22H21FN4O2. The van der Waals surface area contributed by atoms with Gasteiger partial charge in [0.25, 0.3) is 5.91 Å². The van der Waals surface area contributed by atoms with Gasteiger partial charge in [0, 0.05) is 18.0 Å². The standard InChI is InChI=1S/C22H21FN4O2/c23-17-10-14(11-24)7-8-15(17)12-27-13-16(21-19(27)5-3-9-25-21)22(29)26-18-4-1-2-6-20(18)28/h3,5,7-10,13,18,20,28H,1-2,4,6,12H2,(H,26,29). The van der Waals surface area contributed by atoms with Crippen LogP contribution in [0.5, 0.6) is 0 Å². The van der Waals surface area contributed by atoms with E-state index in [2.05, 4.69) is 10.3 Å². The minimum Gasteiger partial charge on any atom is -0.391 e. The first-order valence-corrected chi connectivity index (χ1v) is 9.68. The Hall–Kier alpha value is -3.24. The largest absolute Gasteiger partial charge is 0.391 e. The fraction of sp³-hybridized carbons (Fsp3) is 0.318. The summed E-state index contributed by atoms with van der Waals surface area (Å²) in [5.74, 6) is -0.759. The molecular weight excluding hydrogens is 371 g/mol. The Labute approximate surface area is 167 Å². The third-order valence-electron chi connectivity index (χ3n) is 5.45. The van der Waals surface area contributed by atoms with Crippen molar-refractivity contribution < 1.29 is 14.3 Å². The van der Waals surface area contributed by atoms with E-state index < -0.39 is 11.9 Å². The molecule has 2 heterocycles. The van der Waals surface area contributed by atoms with Gasteiger partial charge in [0.15, 0.2) is 0 Å². The number of rotatable bonds is 4. The van der Waals surface area contributed by atoms with Crippen LogP contribution in [-0.2, 0) is 6.54 Å². The number of amides is 1. The highest BCUT2D eigenvalue weighted by Crippen LogP contribution is 2.23. The SMILES string of the molecule is N#Cc1ccc(Cn2cc(C(=O)NC3CCCCC3O)c3ncccc32)c(F)c1. The van der Waals surface area contributed by atoms with Crippen molar-refractivity contribution in [2.24, 2.45) is 0 Å². The number of nitriles is 1. The Kier molecular flexibility index (Phi) is 5.28. The molecule has 148 valence electrons. The Morgan fingerprint density at radius 2 is 2.17 bits per heavy atom. The molecule has 6 nitrogen and oxygen atoms in total. The van der Waals surface area contributed by atoms with Crippen LogP contribution in [0.15, 0.2) is 42.7 Å². The number of halogens is 1. The van der Waals surface area contributed by atoms with Gasteiger partial charge in [-0.2, -0.15) is 5.26 Å². The number of aromatic nitrogens is 2. The van der Waals surface area contributed by atoms with Gasteiger partial charge in [-0.05, 0) is 37.1 Å². The molecule has 29 heavy (non-hydrogen) atoms. The molecule has 1 amide bonds. The van der Waals surface area contributed by atoms with Crippen LogP contribution in [0.25, 0.3) is 11.0 Å². The molecule has 0 bridgehead atoms. The van der Waals surface area contributed by atoms with E-state index in [1.165, 1.54) is 6.07 Å². The summed E-state index contributed by atoms with van der Waals surface area (Å²) in [6.45, 7) is 0.207. The van der Waals surface area contributed by atoms with Crippen LogP contribution < -0.4 is 5.32 Å². The topological polar surface area (TPSA) is 90.9 Å². The first-order valence-electron chi connectivity index (χ1n) is 9.68. The summed E-state index contributed by atoms with van der Waals surface area (Å²) in [5, 5.41) is 22.0. The molecule has 7 heteroatoms. The lowest BCUT2D eigenvalue weighted by Gasteiger charge is -2.28. The van der Waals surface area contributed by atoms with Crippen molar-refractivity contribution in [3.8, 4) is 6.07 Å². The summed E-state index contributed by atoms with van der Waals surface area (Å²) in [6.07, 6.45) is 6.10. The van der Waals surface area contributed by atoms with Crippen molar-refractivity contribution in [1.29, 1.82) is 5.26 Å². The number of aliphatic hydroxyl groups is 1. The van der Waals surface area contributed by atoms with E-state index in [4.69, 9.17) is 5.26 Å². The third kappa shape index (κ3) is 3.84. The second-order valence-electron chi connectivity index (χ2n) is 7.39. The van der Waals surface area contributed by atoms with Gasteiger partial charge in [-0.25, -0.2) is 4.39 Å². The predicted molar refractivity (Wildman–Crippen MR) is 106 cm³/mol. The summed E-state index contributed by atoms with van der Waals surface area (Å²) < 4.78 is 16.1. The highest BCUT2D eigenvalue weighted by atomic mass is 19.1. The number of hydrogen-bond donors (Lipinski definition) is 2. The maximum Gasteiger partial charge on any atom is 0.255 e. The van der Waals surface area contributed by atoms with Crippen molar-refractivity contribution in [3.63, 3.8) is 0 Å². The average Bonchev–Trinajstić information content (AvgIpc) is 3.10. The molecule has 2 unspecified atom stereocenters. The molecule has 0 spiro atoms.